The highest BCUT2D eigenvalue weighted by atomic mass is 32.1. The molecule has 0 spiro atoms. The highest BCUT2D eigenvalue weighted by Crippen LogP contribution is 2.41. The summed E-state index contributed by atoms with van der Waals surface area (Å²) in [6, 6.07) is 23.2. The quantitative estimate of drug-likeness (QED) is 0.0836. The van der Waals surface area contributed by atoms with Crippen molar-refractivity contribution >= 4 is 94.6 Å². The van der Waals surface area contributed by atoms with Crippen LogP contribution in [0.4, 0.5) is 0 Å². The molecule has 2 heterocycles. The van der Waals surface area contributed by atoms with Crippen LogP contribution in [0.25, 0.3) is 0 Å². The van der Waals surface area contributed by atoms with Gasteiger partial charge >= 0.3 is 23.6 Å². The van der Waals surface area contributed by atoms with E-state index in [0.717, 1.165) is 0 Å². The topological polar surface area (TPSA) is 155 Å². The van der Waals surface area contributed by atoms with Gasteiger partial charge in [-0.15, -0.1) is 50.5 Å². The summed E-state index contributed by atoms with van der Waals surface area (Å²) in [6.07, 6.45) is 0. The largest absolute Gasteiger partial charge is 0.366 e. The van der Waals surface area contributed by atoms with Gasteiger partial charge in [-0.1, -0.05) is 88.2 Å². The maximum absolute atomic E-state index is 13.9. The summed E-state index contributed by atoms with van der Waals surface area (Å²) < 4.78 is -2.78. The van der Waals surface area contributed by atoms with Crippen LogP contribution in [0.3, 0.4) is 0 Å². The Morgan fingerprint density at radius 2 is 0.740 bits per heavy atom. The fraction of sp³-hybridized carbons (Fsp3) is 0.235. The molecule has 0 radical (unpaired) electrons. The molecule has 50 heavy (non-hydrogen) atoms. The molecule has 4 unspecified atom stereocenters. The van der Waals surface area contributed by atoms with Crippen molar-refractivity contribution in [2.45, 2.75) is 26.3 Å². The lowest BCUT2D eigenvalue weighted by Gasteiger charge is -2.28. The average Bonchev–Trinajstić information content (AvgIpc) is 3.43. The Labute approximate surface area is 307 Å². The molecule has 3 aromatic rings. The second-order valence-corrected chi connectivity index (χ2v) is 13.5. The van der Waals surface area contributed by atoms with Gasteiger partial charge in [0.05, 0.1) is 0 Å². The number of rotatable bonds is 14. The molecule has 0 bridgehead atoms. The standard InChI is InChI=1S/C34H28N2O10S4/c37-27-23(31(41)47)24(32(42)48)28(38)35(27,45-17-19-8-3-1-4-9-19)15-21-12-7-13-22(14-21)16-36(46-18-20-10-5-2-6-11-20)29(39)25(33(43)49)26(30(36)40)34(44)50/h1-14,23-26H,15-18H2,(H2-2,41,42,43,44,47,48,49,50)/p+2. The minimum atomic E-state index is -1.76. The number of hydrogen-bond acceptors (Lipinski definition) is 10. The molecule has 4 amide bonds. The van der Waals surface area contributed by atoms with Gasteiger partial charge in [0, 0.05) is 11.1 Å². The van der Waals surface area contributed by atoms with Crippen molar-refractivity contribution in [3.05, 3.63) is 107 Å². The molecule has 12 nitrogen and oxygen atoms in total. The maximum Gasteiger partial charge on any atom is 0.366 e. The van der Waals surface area contributed by atoms with Gasteiger partial charge in [0.2, 0.25) is 20.5 Å². The van der Waals surface area contributed by atoms with Crippen molar-refractivity contribution < 1.29 is 57.3 Å². The summed E-state index contributed by atoms with van der Waals surface area (Å²) in [4.78, 5) is 118. The molecule has 3 aromatic carbocycles. The predicted molar refractivity (Wildman–Crippen MR) is 187 cm³/mol. The average molecular weight is 755 g/mol. The molecule has 2 saturated heterocycles. The third-order valence-corrected chi connectivity index (χ3v) is 9.72. The van der Waals surface area contributed by atoms with Crippen molar-refractivity contribution in [1.29, 1.82) is 0 Å². The molecule has 0 aromatic heterocycles. The number of benzene rings is 3. The summed E-state index contributed by atoms with van der Waals surface area (Å²) in [5.41, 5.74) is 1.70. The number of quaternary nitrogens is 2. The second kappa shape index (κ2) is 15.2. The van der Waals surface area contributed by atoms with E-state index in [2.05, 4.69) is 50.5 Å². The SMILES string of the molecule is O=C(S)C1C(=O)[N+](Cc2cccc(C[N+]3(OCc4ccccc4)C(=O)C(C(=O)S)C(C(=O)S)C3=O)c2)(OCc2ccccc2)C(=O)C1C(=O)S. The second-order valence-electron chi connectivity index (χ2n) is 11.8. The number of amides is 4. The number of imide groups is 2. The highest BCUT2D eigenvalue weighted by Gasteiger charge is 2.69. The summed E-state index contributed by atoms with van der Waals surface area (Å²) in [5.74, 6) is -11.1. The molecule has 0 aliphatic carbocycles. The first-order valence-corrected chi connectivity index (χ1v) is 16.8. The minimum absolute atomic E-state index is 0.256. The Hall–Kier alpha value is -3.74. The molecule has 4 atom stereocenters. The summed E-state index contributed by atoms with van der Waals surface area (Å²) in [5, 5.41) is -4.05. The van der Waals surface area contributed by atoms with Crippen molar-refractivity contribution in [3.63, 3.8) is 0 Å². The van der Waals surface area contributed by atoms with Crippen LogP contribution in [-0.4, -0.2) is 53.4 Å². The molecule has 2 fully saturated rings. The summed E-state index contributed by atoms with van der Waals surface area (Å²) in [7, 11) is 0. The van der Waals surface area contributed by atoms with Gasteiger partial charge < -0.3 is 0 Å². The third kappa shape index (κ3) is 7.07. The van der Waals surface area contributed by atoms with E-state index < -0.39 is 90.1 Å². The van der Waals surface area contributed by atoms with Crippen LogP contribution in [0.15, 0.2) is 84.9 Å². The van der Waals surface area contributed by atoms with E-state index in [9.17, 15) is 38.4 Å². The molecule has 258 valence electrons. The zero-order chi connectivity index (χ0) is 36.4. The Morgan fingerprint density at radius 1 is 0.460 bits per heavy atom. The lowest BCUT2D eigenvalue weighted by Crippen LogP contribution is -2.53. The van der Waals surface area contributed by atoms with E-state index in [1.807, 2.05) is 0 Å². The first kappa shape index (κ1) is 37.5. The van der Waals surface area contributed by atoms with Gasteiger partial charge in [0.15, 0.2) is 36.8 Å². The molecule has 2 aliphatic heterocycles. The van der Waals surface area contributed by atoms with E-state index in [4.69, 9.17) is 9.68 Å². The molecule has 0 saturated carbocycles. The predicted octanol–water partition coefficient (Wildman–Crippen LogP) is 3.01. The number of thiol groups is 4. The van der Waals surface area contributed by atoms with Crippen LogP contribution in [0.5, 0.6) is 0 Å². The number of carbonyl (C=O) groups excluding carboxylic acids is 8. The first-order chi connectivity index (χ1) is 23.7. The number of hydrogen-bond donors (Lipinski definition) is 4. The lowest BCUT2D eigenvalue weighted by atomic mass is 9.98. The van der Waals surface area contributed by atoms with Gasteiger partial charge in [0.25, 0.3) is 0 Å². The maximum atomic E-state index is 13.9. The van der Waals surface area contributed by atoms with Gasteiger partial charge in [-0.25, -0.2) is 19.2 Å². The van der Waals surface area contributed by atoms with Gasteiger partial charge in [-0.05, 0) is 17.2 Å². The minimum Gasteiger partial charge on any atom is -0.286 e. The molecular weight excluding hydrogens is 725 g/mol. The van der Waals surface area contributed by atoms with Crippen LogP contribution < -0.4 is 0 Å². The van der Waals surface area contributed by atoms with Crippen LogP contribution >= 0.6 is 50.5 Å². The van der Waals surface area contributed by atoms with E-state index in [0.29, 0.717) is 11.1 Å². The summed E-state index contributed by atoms with van der Waals surface area (Å²) in [6.45, 7) is -1.52. The van der Waals surface area contributed by atoms with Crippen LogP contribution in [-0.2, 0) is 74.3 Å². The van der Waals surface area contributed by atoms with Crippen molar-refractivity contribution in [2.24, 2.45) is 23.7 Å². The fourth-order valence-electron chi connectivity index (χ4n) is 6.19. The van der Waals surface area contributed by atoms with E-state index in [-0.39, 0.29) is 24.3 Å². The van der Waals surface area contributed by atoms with Crippen LogP contribution in [0.1, 0.15) is 22.3 Å². The number of likely N-dealkylation sites (tertiary alicyclic amines) is 2. The first-order valence-electron chi connectivity index (χ1n) is 15.0. The van der Waals surface area contributed by atoms with Gasteiger partial charge in [-0.3, -0.25) is 19.2 Å². The lowest BCUT2D eigenvalue weighted by molar-refractivity contribution is -0.993. The van der Waals surface area contributed by atoms with E-state index in [1.54, 1.807) is 60.7 Å². The van der Waals surface area contributed by atoms with Crippen molar-refractivity contribution in [1.82, 2.24) is 0 Å². The fourth-order valence-corrected chi connectivity index (χ4v) is 7.23. The third-order valence-electron chi connectivity index (χ3n) is 8.61. The molecule has 2 aliphatic rings. The smallest absolute Gasteiger partial charge is 0.286 e. The zero-order valence-corrected chi connectivity index (χ0v) is 29.6. The number of carbonyl (C=O) groups is 8. The van der Waals surface area contributed by atoms with Crippen LogP contribution in [0, 0.1) is 23.7 Å². The Kier molecular flexibility index (Phi) is 11.4. The van der Waals surface area contributed by atoms with Gasteiger partial charge in [0.1, 0.15) is 13.2 Å². The highest BCUT2D eigenvalue weighted by molar-refractivity contribution is 7.97. The molecule has 0 N–H and O–H groups in total. The molecular formula is C34H30N2O10S4+2. The Balaban J connectivity index is 1.55. The normalized spacial score (nSPS) is 26.3. The van der Waals surface area contributed by atoms with Gasteiger partial charge in [-0.2, -0.15) is 9.68 Å². The van der Waals surface area contributed by atoms with Crippen molar-refractivity contribution in [2.75, 3.05) is 0 Å². The van der Waals surface area contributed by atoms with Crippen molar-refractivity contribution in [3.8, 4) is 0 Å². The number of nitrogens with zero attached hydrogens (tertiary/aromatic N) is 2. The molecule has 5 rings (SSSR count). The zero-order valence-electron chi connectivity index (χ0n) is 26.0. The van der Waals surface area contributed by atoms with Crippen LogP contribution in [0.2, 0.25) is 0 Å². The van der Waals surface area contributed by atoms with E-state index >= 15 is 0 Å². The molecule has 16 heteroatoms. The summed E-state index contributed by atoms with van der Waals surface area (Å²) >= 11 is 15.1. The van der Waals surface area contributed by atoms with E-state index in [1.165, 1.54) is 24.3 Å². The Morgan fingerprint density at radius 3 is 1.02 bits per heavy atom. The monoisotopic (exact) mass is 754 g/mol. The Bertz CT molecular complexity index is 1710. The number of hydroxylamine groups is 6.